The van der Waals surface area contributed by atoms with E-state index in [1.165, 1.54) is 10.9 Å². The molecule has 1 fully saturated rings. The summed E-state index contributed by atoms with van der Waals surface area (Å²) in [6, 6.07) is 5.79. The monoisotopic (exact) mass is 617 g/mol. The lowest BCUT2D eigenvalue weighted by molar-refractivity contribution is -0.138. The molecule has 2 heterocycles. The van der Waals surface area contributed by atoms with Gasteiger partial charge in [0.05, 0.1) is 40.4 Å². The molecule has 1 saturated heterocycles. The first kappa shape index (κ1) is 32.2. The third kappa shape index (κ3) is 8.13. The molecule has 1 atom stereocenters. The average Bonchev–Trinajstić information content (AvgIpc) is 2.89. The number of aromatic nitrogens is 2. The minimum Gasteiger partial charge on any atom is -0.368 e. The maximum absolute atomic E-state index is 14.0. The highest BCUT2D eigenvalue weighted by Gasteiger charge is 2.36. The summed E-state index contributed by atoms with van der Waals surface area (Å²) < 4.78 is 43.4. The molecule has 4 rings (SSSR count). The zero-order valence-electron chi connectivity index (χ0n) is 22.2. The van der Waals surface area contributed by atoms with Gasteiger partial charge < -0.3 is 11.5 Å². The Morgan fingerprint density at radius 1 is 1.15 bits per heavy atom. The van der Waals surface area contributed by atoms with Crippen LogP contribution in [-0.4, -0.2) is 45.2 Å². The van der Waals surface area contributed by atoms with E-state index < -0.39 is 29.2 Å². The number of hydrogen-bond donors (Lipinski definition) is 2. The highest BCUT2D eigenvalue weighted by atomic mass is 35.5. The molecule has 13 heteroatoms. The Bertz CT molecular complexity index is 1410. The minimum absolute atomic E-state index is 0.0234. The van der Waals surface area contributed by atoms with Gasteiger partial charge in [0.2, 0.25) is 5.91 Å². The Morgan fingerprint density at radius 2 is 1.80 bits per heavy atom. The van der Waals surface area contributed by atoms with Crippen molar-refractivity contribution >= 4 is 51.8 Å². The number of primary amides is 1. The number of likely N-dealkylation sites (tertiary alicyclic amines) is 1. The standard InChI is InChI=1S/C24H24Cl2F3N3OS.C3H8N2O/c1-2-34-20-7-6-16(25)10-15(20)12-32-14-30-22-17(23(32)33)11-19(24(27,28)29)18(21(22)26)13-31-8-4-3-5-9-31;1-2(4)3(5)6/h6-7,10-11,14H,2-5,8-9,12-13H2,1H3;2H,4H2,1H3,(H2,5,6). The number of fused-ring (bicyclic) bond motifs is 1. The number of piperidine rings is 1. The number of hydrogen-bond acceptors (Lipinski definition) is 6. The number of thioether (sulfide) groups is 1. The van der Waals surface area contributed by atoms with E-state index in [-0.39, 0.29) is 34.6 Å². The Labute approximate surface area is 245 Å². The molecule has 0 bridgehead atoms. The van der Waals surface area contributed by atoms with Gasteiger partial charge in [0.15, 0.2) is 0 Å². The first-order valence-corrected chi connectivity index (χ1v) is 14.5. The zero-order chi connectivity index (χ0) is 29.6. The van der Waals surface area contributed by atoms with Crippen molar-refractivity contribution in [3.05, 3.63) is 67.7 Å². The lowest BCUT2D eigenvalue weighted by Gasteiger charge is -2.28. The van der Waals surface area contributed by atoms with Crippen LogP contribution in [0.15, 0.2) is 40.3 Å². The molecule has 1 aliphatic heterocycles. The van der Waals surface area contributed by atoms with Crippen LogP contribution in [0.2, 0.25) is 10.0 Å². The summed E-state index contributed by atoms with van der Waals surface area (Å²) >= 11 is 14.2. The van der Waals surface area contributed by atoms with Crippen LogP contribution in [0.25, 0.3) is 10.9 Å². The van der Waals surface area contributed by atoms with Gasteiger partial charge in [-0.15, -0.1) is 11.8 Å². The predicted molar refractivity (Wildman–Crippen MR) is 155 cm³/mol. The fourth-order valence-electron chi connectivity index (χ4n) is 4.32. The Morgan fingerprint density at radius 3 is 2.38 bits per heavy atom. The molecule has 1 aromatic heterocycles. The van der Waals surface area contributed by atoms with E-state index in [2.05, 4.69) is 10.7 Å². The van der Waals surface area contributed by atoms with Gasteiger partial charge in [0, 0.05) is 16.5 Å². The van der Waals surface area contributed by atoms with Crippen LogP contribution in [0.4, 0.5) is 13.2 Å². The number of carbonyl (C=O) groups is 1. The minimum atomic E-state index is -4.64. The summed E-state index contributed by atoms with van der Waals surface area (Å²) in [5, 5.41) is 0.264. The van der Waals surface area contributed by atoms with Crippen molar-refractivity contribution in [3.8, 4) is 0 Å². The second-order valence-electron chi connectivity index (χ2n) is 9.50. The number of halogens is 5. The van der Waals surface area contributed by atoms with Gasteiger partial charge in [0.1, 0.15) is 0 Å². The third-order valence-electron chi connectivity index (χ3n) is 6.41. The first-order valence-electron chi connectivity index (χ1n) is 12.8. The second kappa shape index (κ2) is 14.0. The topological polar surface area (TPSA) is 107 Å². The summed E-state index contributed by atoms with van der Waals surface area (Å²) in [6.07, 6.45) is -0.349. The molecule has 0 aliphatic carbocycles. The van der Waals surface area contributed by atoms with Gasteiger partial charge in [-0.05, 0) is 74.0 Å². The normalized spacial score (nSPS) is 15.0. The van der Waals surface area contributed by atoms with E-state index in [4.69, 9.17) is 28.9 Å². The number of carbonyl (C=O) groups excluding carboxylic acids is 1. The van der Waals surface area contributed by atoms with E-state index in [0.717, 1.165) is 54.6 Å². The smallest absolute Gasteiger partial charge is 0.368 e. The van der Waals surface area contributed by atoms with E-state index in [9.17, 15) is 22.8 Å². The van der Waals surface area contributed by atoms with Crippen LogP contribution in [0.3, 0.4) is 0 Å². The second-order valence-corrected chi connectivity index (χ2v) is 11.6. The van der Waals surface area contributed by atoms with E-state index in [0.29, 0.717) is 5.02 Å². The molecule has 7 nitrogen and oxygen atoms in total. The number of rotatable bonds is 7. The number of amides is 1. The van der Waals surface area contributed by atoms with Crippen LogP contribution in [0.5, 0.6) is 0 Å². The molecule has 1 unspecified atom stereocenters. The molecular weight excluding hydrogens is 586 g/mol. The summed E-state index contributed by atoms with van der Waals surface area (Å²) in [6.45, 7) is 5.21. The van der Waals surface area contributed by atoms with Crippen LogP contribution < -0.4 is 17.0 Å². The number of alkyl halides is 3. The number of nitrogens with zero attached hydrogens (tertiary/aromatic N) is 3. The summed E-state index contributed by atoms with van der Waals surface area (Å²) in [7, 11) is 0. The molecule has 3 aromatic rings. The van der Waals surface area contributed by atoms with Crippen molar-refractivity contribution in [2.75, 3.05) is 18.8 Å². The van der Waals surface area contributed by atoms with Gasteiger partial charge in [0.25, 0.3) is 5.56 Å². The fraction of sp³-hybridized carbons (Fsp3) is 0.444. The van der Waals surface area contributed by atoms with Crippen molar-refractivity contribution in [3.63, 3.8) is 0 Å². The van der Waals surface area contributed by atoms with Gasteiger partial charge in [-0.1, -0.05) is 36.5 Å². The van der Waals surface area contributed by atoms with Crippen molar-refractivity contribution in [1.29, 1.82) is 0 Å². The average molecular weight is 619 g/mol. The molecule has 40 heavy (non-hydrogen) atoms. The highest BCUT2D eigenvalue weighted by Crippen LogP contribution is 2.39. The van der Waals surface area contributed by atoms with E-state index in [1.807, 2.05) is 17.9 Å². The first-order chi connectivity index (χ1) is 18.8. The van der Waals surface area contributed by atoms with Crippen molar-refractivity contribution < 1.29 is 18.0 Å². The summed E-state index contributed by atoms with van der Waals surface area (Å²) in [5.74, 6) is 0.360. The quantitative estimate of drug-likeness (QED) is 0.330. The highest BCUT2D eigenvalue weighted by molar-refractivity contribution is 7.99. The maximum atomic E-state index is 14.0. The van der Waals surface area contributed by atoms with Crippen molar-refractivity contribution in [1.82, 2.24) is 14.5 Å². The zero-order valence-corrected chi connectivity index (χ0v) is 24.6. The third-order valence-corrected chi connectivity index (χ3v) is 8.05. The van der Waals surface area contributed by atoms with Gasteiger partial charge in [-0.3, -0.25) is 19.1 Å². The van der Waals surface area contributed by atoms with Crippen molar-refractivity contribution in [2.45, 2.75) is 63.3 Å². The maximum Gasteiger partial charge on any atom is 0.416 e. The van der Waals surface area contributed by atoms with Gasteiger partial charge >= 0.3 is 6.18 Å². The molecule has 2 aromatic carbocycles. The molecule has 218 valence electrons. The van der Waals surface area contributed by atoms with Gasteiger partial charge in [-0.25, -0.2) is 4.98 Å². The summed E-state index contributed by atoms with van der Waals surface area (Å²) in [4.78, 5) is 30.3. The Balaban J connectivity index is 0.000000663. The van der Waals surface area contributed by atoms with E-state index in [1.54, 1.807) is 30.8 Å². The molecule has 1 amide bonds. The lowest BCUT2D eigenvalue weighted by atomic mass is 10.0. The van der Waals surface area contributed by atoms with Crippen LogP contribution in [0, 0.1) is 0 Å². The van der Waals surface area contributed by atoms with Crippen LogP contribution in [0.1, 0.15) is 49.8 Å². The SMILES string of the molecule is CC(N)C(N)=O.CCSc1ccc(Cl)cc1Cn1cnc2c(Cl)c(CN3CCCCC3)c(C(F)(F)F)cc2c1=O. The Hall–Kier alpha value is -2.31. The molecule has 4 N–H and O–H groups in total. The molecule has 0 radical (unpaired) electrons. The predicted octanol–water partition coefficient (Wildman–Crippen LogP) is 5.69. The van der Waals surface area contributed by atoms with Crippen LogP contribution in [-0.2, 0) is 24.1 Å². The molecule has 0 saturated carbocycles. The number of nitrogens with two attached hydrogens (primary N) is 2. The Kier molecular flexibility index (Phi) is 11.3. The molecule has 0 spiro atoms. The fourth-order valence-corrected chi connectivity index (χ4v) is 5.61. The van der Waals surface area contributed by atoms with Crippen LogP contribution >= 0.6 is 35.0 Å². The molecule has 1 aliphatic rings. The number of benzene rings is 2. The summed E-state index contributed by atoms with van der Waals surface area (Å²) in [5.41, 5.74) is 9.05. The lowest BCUT2D eigenvalue weighted by Crippen LogP contribution is -2.32. The van der Waals surface area contributed by atoms with Crippen molar-refractivity contribution in [2.24, 2.45) is 11.5 Å². The molecular formula is C27H32Cl2F3N5O2S. The van der Waals surface area contributed by atoms with Gasteiger partial charge in [-0.2, -0.15) is 13.2 Å². The van der Waals surface area contributed by atoms with E-state index >= 15 is 0 Å². The largest absolute Gasteiger partial charge is 0.416 e.